The van der Waals surface area contributed by atoms with Crippen molar-refractivity contribution in [3.8, 4) is 5.75 Å². The van der Waals surface area contributed by atoms with Crippen LogP contribution < -0.4 is 24.0 Å². The summed E-state index contributed by atoms with van der Waals surface area (Å²) in [5, 5.41) is 0. The molecule has 0 aliphatic heterocycles. The third-order valence-electron chi connectivity index (χ3n) is 1.50. The summed E-state index contributed by atoms with van der Waals surface area (Å²) in [6, 6.07) is 4.43. The lowest BCUT2D eigenvalue weighted by molar-refractivity contribution is -1.91. The van der Waals surface area contributed by atoms with Gasteiger partial charge in [-0.15, -0.1) is 0 Å². The van der Waals surface area contributed by atoms with E-state index in [4.69, 9.17) is 5.73 Å². The molecular weight excluding hydrogens is 198 g/mol. The molecule has 0 fully saturated rings. The maximum absolute atomic E-state index is 10.2. The maximum Gasteiger partial charge on any atom is 0.293 e. The lowest BCUT2D eigenvalue weighted by atomic mass is 10.2. The highest BCUT2D eigenvalue weighted by atomic mass is 35.7. The van der Waals surface area contributed by atoms with Crippen molar-refractivity contribution in [1.82, 2.24) is 0 Å². The first-order valence-corrected chi connectivity index (χ1v) is 4.59. The van der Waals surface area contributed by atoms with Crippen molar-refractivity contribution in [3.63, 3.8) is 0 Å². The quantitative estimate of drug-likeness (QED) is 0.555. The third-order valence-corrected chi connectivity index (χ3v) is 1.86. The fourth-order valence-electron chi connectivity index (χ4n) is 0.817. The number of halogens is 1. The van der Waals surface area contributed by atoms with Crippen molar-refractivity contribution >= 4 is 5.69 Å². The molecule has 1 aromatic carbocycles. The van der Waals surface area contributed by atoms with E-state index in [2.05, 4.69) is 4.29 Å². The normalized spacial score (nSPS) is 11.4. The highest BCUT2D eigenvalue weighted by Gasteiger charge is 2.21. The smallest absolute Gasteiger partial charge is 0.293 e. The largest absolute Gasteiger partial charge is 0.398 e. The zero-order valence-electron chi connectivity index (χ0n) is 6.82. The molecule has 0 atom stereocenters. The molecule has 2 N–H and O–H groups in total. The number of anilines is 1. The molecule has 0 radical (unpaired) electrons. The zero-order chi connectivity index (χ0) is 10.1. The molecule has 0 aliphatic rings. The van der Waals surface area contributed by atoms with Gasteiger partial charge in [-0.25, -0.2) is 0 Å². The summed E-state index contributed by atoms with van der Waals surface area (Å²) in [7, 11) is -4.45. The van der Waals surface area contributed by atoms with Crippen LogP contribution in [0.2, 0.25) is 0 Å². The summed E-state index contributed by atoms with van der Waals surface area (Å²) in [5.74, 6) is -0.0448. The Hall–Kier alpha value is -1.01. The van der Waals surface area contributed by atoms with Crippen molar-refractivity contribution in [2.24, 2.45) is 0 Å². The number of hydrogen-bond acceptors (Lipinski definition) is 5. The summed E-state index contributed by atoms with van der Waals surface area (Å²) in [6.45, 7) is 1.56. The lowest BCUT2D eigenvalue weighted by Crippen LogP contribution is -2.63. The molecule has 0 unspecified atom stereocenters. The summed E-state index contributed by atoms with van der Waals surface area (Å²) in [5.41, 5.74) is 6.26. The molecule has 0 amide bonds. The predicted molar refractivity (Wildman–Crippen MR) is 36.2 cm³/mol. The van der Waals surface area contributed by atoms with E-state index in [0.717, 1.165) is 0 Å². The van der Waals surface area contributed by atoms with E-state index in [-0.39, 0.29) is 5.75 Å². The van der Waals surface area contributed by atoms with Gasteiger partial charge in [-0.2, -0.15) is 14.0 Å². The van der Waals surface area contributed by atoms with Crippen molar-refractivity contribution in [2.75, 3.05) is 5.73 Å². The highest BCUT2D eigenvalue weighted by molar-refractivity contribution is 5.52. The van der Waals surface area contributed by atoms with Crippen LogP contribution in [-0.2, 0) is 0 Å². The van der Waals surface area contributed by atoms with Crippen molar-refractivity contribution < 1.29 is 28.5 Å². The molecular formula is C7H8ClNO4. The fraction of sp³-hybridized carbons (Fsp3) is 0.143. The predicted octanol–water partition coefficient (Wildman–Crippen LogP) is -2.15. The first-order chi connectivity index (χ1) is 5.90. The molecule has 0 heterocycles. The second-order valence-electron chi connectivity index (χ2n) is 2.43. The van der Waals surface area contributed by atoms with Crippen LogP contribution >= 0.6 is 0 Å². The number of nitrogens with two attached hydrogens (primary N) is 1. The van der Waals surface area contributed by atoms with Gasteiger partial charge in [-0.05, 0) is 19.1 Å². The van der Waals surface area contributed by atoms with Crippen LogP contribution in [0, 0.1) is 17.2 Å². The lowest BCUT2D eigenvalue weighted by Gasteiger charge is -2.13. The van der Waals surface area contributed by atoms with Gasteiger partial charge in [0, 0.05) is 11.3 Å². The number of nitrogen functional groups attached to an aromatic ring is 1. The summed E-state index contributed by atoms with van der Waals surface area (Å²) in [4.78, 5) is 0. The van der Waals surface area contributed by atoms with Gasteiger partial charge in [0.2, 0.25) is 0 Å². The molecule has 6 heteroatoms. The summed E-state index contributed by atoms with van der Waals surface area (Å²) >= 11 is 0. The zero-order valence-corrected chi connectivity index (χ0v) is 7.58. The summed E-state index contributed by atoms with van der Waals surface area (Å²) in [6.07, 6.45) is 0. The first-order valence-electron chi connectivity index (χ1n) is 3.35. The van der Waals surface area contributed by atoms with Crippen LogP contribution in [0.4, 0.5) is 5.69 Å². The minimum Gasteiger partial charge on any atom is -0.398 e. The molecule has 13 heavy (non-hydrogen) atoms. The molecule has 72 valence electrons. The highest BCUT2D eigenvalue weighted by Crippen LogP contribution is 2.23. The van der Waals surface area contributed by atoms with Crippen molar-refractivity contribution in [2.45, 2.75) is 6.92 Å². The Morgan fingerprint density at radius 2 is 1.92 bits per heavy atom. The Morgan fingerprint density at radius 3 is 2.46 bits per heavy atom. The Labute approximate surface area is 77.1 Å². The number of hydrogen-bond donors (Lipinski definition) is 1. The molecule has 1 aromatic rings. The van der Waals surface area contributed by atoms with Gasteiger partial charge in [0.05, 0.1) is 0 Å². The van der Waals surface area contributed by atoms with Gasteiger partial charge in [-0.1, -0.05) is 10.4 Å². The van der Waals surface area contributed by atoms with Gasteiger partial charge in [0.1, 0.15) is 10.2 Å². The number of benzene rings is 1. The van der Waals surface area contributed by atoms with Crippen molar-refractivity contribution in [3.05, 3.63) is 23.8 Å². The van der Waals surface area contributed by atoms with Crippen LogP contribution in [0.15, 0.2) is 18.2 Å². The van der Waals surface area contributed by atoms with Crippen LogP contribution in [-0.4, -0.2) is 0 Å². The van der Waals surface area contributed by atoms with E-state index in [1.807, 2.05) is 0 Å². The Morgan fingerprint density at radius 1 is 1.31 bits per heavy atom. The minimum atomic E-state index is -4.45. The molecule has 0 saturated carbocycles. The van der Waals surface area contributed by atoms with Gasteiger partial charge in [-0.3, -0.25) is 0 Å². The first kappa shape index (κ1) is 10.1. The van der Waals surface area contributed by atoms with Crippen LogP contribution in [0.3, 0.4) is 0 Å². The van der Waals surface area contributed by atoms with E-state index >= 15 is 0 Å². The number of rotatable bonds is 2. The minimum absolute atomic E-state index is 0.0448. The van der Waals surface area contributed by atoms with E-state index in [0.29, 0.717) is 11.3 Å². The van der Waals surface area contributed by atoms with E-state index in [9.17, 15) is 14.0 Å². The van der Waals surface area contributed by atoms with Gasteiger partial charge >= 0.3 is 0 Å². The molecule has 0 aliphatic carbocycles. The Kier molecular flexibility index (Phi) is 2.63. The third kappa shape index (κ3) is 2.74. The molecule has 0 saturated heterocycles. The average Bonchev–Trinajstić information content (AvgIpc) is 1.96. The monoisotopic (exact) mass is 205 g/mol. The standard InChI is InChI=1S/C7H8ClNO4/c1-5-6(9)3-2-4-7(5)13-8(10,11)12/h2-4H,9H2,1H3. The summed E-state index contributed by atoms with van der Waals surface area (Å²) < 4.78 is 34.8. The topological polar surface area (TPSA) is 104 Å². The van der Waals surface area contributed by atoms with Gasteiger partial charge in [0.15, 0.2) is 0 Å². The SMILES string of the molecule is Cc1c(N)cccc1O[Cl+3]([O-])([O-])[O-]. The van der Waals surface area contributed by atoms with E-state index in [1.165, 1.54) is 12.1 Å². The van der Waals surface area contributed by atoms with E-state index < -0.39 is 10.2 Å². The van der Waals surface area contributed by atoms with Crippen molar-refractivity contribution in [1.29, 1.82) is 0 Å². The van der Waals surface area contributed by atoms with Crippen LogP contribution in [0.25, 0.3) is 0 Å². The van der Waals surface area contributed by atoms with E-state index in [1.54, 1.807) is 13.0 Å². The second kappa shape index (κ2) is 3.39. The molecule has 0 bridgehead atoms. The van der Waals surface area contributed by atoms with Gasteiger partial charge in [0.25, 0.3) is 5.75 Å². The molecule has 0 aromatic heterocycles. The fourth-order valence-corrected chi connectivity index (χ4v) is 1.19. The maximum atomic E-state index is 10.2. The Bertz CT molecular complexity index is 310. The molecule has 1 rings (SSSR count). The van der Waals surface area contributed by atoms with Gasteiger partial charge < -0.3 is 5.73 Å². The Balaban J connectivity index is 2.96. The van der Waals surface area contributed by atoms with Crippen LogP contribution in [0.5, 0.6) is 5.75 Å². The second-order valence-corrected chi connectivity index (χ2v) is 3.34. The molecule has 0 spiro atoms. The average molecular weight is 206 g/mol. The van der Waals surface area contributed by atoms with Crippen LogP contribution in [0.1, 0.15) is 5.56 Å². The molecule has 5 nitrogen and oxygen atoms in total.